The highest BCUT2D eigenvalue weighted by Crippen LogP contribution is 2.35. The number of ether oxygens (including phenoxy) is 1. The molecule has 4 rings (SSSR count). The fourth-order valence-corrected chi connectivity index (χ4v) is 5.05. The number of fused-ring (bicyclic) bond motifs is 1. The lowest BCUT2D eigenvalue weighted by molar-refractivity contribution is -0.125. The normalized spacial score (nSPS) is 19.3. The average Bonchev–Trinajstić information content (AvgIpc) is 3.03. The van der Waals surface area contributed by atoms with E-state index in [0.29, 0.717) is 0 Å². The fourth-order valence-electron chi connectivity index (χ4n) is 4.06. The van der Waals surface area contributed by atoms with E-state index in [4.69, 9.17) is 4.74 Å². The summed E-state index contributed by atoms with van der Waals surface area (Å²) in [4.78, 5) is 28.6. The number of hydrogen-bond acceptors (Lipinski definition) is 7. The van der Waals surface area contributed by atoms with Gasteiger partial charge in [0, 0.05) is 50.1 Å². The molecule has 8 heteroatoms. The van der Waals surface area contributed by atoms with Crippen LogP contribution in [0, 0.1) is 19.8 Å². The molecule has 1 amide bonds. The summed E-state index contributed by atoms with van der Waals surface area (Å²) in [6, 6.07) is 0. The number of aromatic nitrogens is 2. The minimum atomic E-state index is 0.101. The third-order valence-corrected chi connectivity index (χ3v) is 7.06. The molecular formula is C20H29N5O2S. The van der Waals surface area contributed by atoms with Gasteiger partial charge in [-0.15, -0.1) is 11.3 Å². The number of morpholine rings is 1. The fraction of sp³-hybridized carbons (Fsp3) is 0.650. The van der Waals surface area contributed by atoms with Crippen molar-refractivity contribution in [2.24, 2.45) is 5.92 Å². The molecule has 0 bridgehead atoms. The summed E-state index contributed by atoms with van der Waals surface area (Å²) >= 11 is 1.73. The SMILES string of the molecule is Cc1sc2ncnc(N3CCC(C(=O)NCCN4CCOCC4)CC3)c2c1C. The number of hydrogen-bond donors (Lipinski definition) is 1. The molecule has 152 valence electrons. The first-order chi connectivity index (χ1) is 13.6. The lowest BCUT2D eigenvalue weighted by Crippen LogP contribution is -2.44. The van der Waals surface area contributed by atoms with Crippen molar-refractivity contribution in [2.45, 2.75) is 26.7 Å². The van der Waals surface area contributed by atoms with Crippen molar-refractivity contribution in [3.05, 3.63) is 16.8 Å². The van der Waals surface area contributed by atoms with Gasteiger partial charge in [-0.05, 0) is 32.3 Å². The standard InChI is InChI=1S/C20H29N5O2S/c1-14-15(2)28-20-17(14)18(22-13-23-20)25-6-3-16(4-7-25)19(26)21-5-8-24-9-11-27-12-10-24/h13,16H,3-12H2,1-2H3,(H,21,26). The number of thiophene rings is 1. The molecule has 0 radical (unpaired) electrons. The van der Waals surface area contributed by atoms with Gasteiger partial charge in [0.2, 0.25) is 5.91 Å². The molecule has 0 atom stereocenters. The third-order valence-electron chi connectivity index (χ3n) is 5.94. The highest BCUT2D eigenvalue weighted by atomic mass is 32.1. The molecule has 2 aliphatic rings. The molecular weight excluding hydrogens is 374 g/mol. The second kappa shape index (κ2) is 8.71. The van der Waals surface area contributed by atoms with Crippen LogP contribution in [0.3, 0.4) is 0 Å². The van der Waals surface area contributed by atoms with E-state index in [2.05, 4.69) is 38.9 Å². The molecule has 2 aromatic rings. The van der Waals surface area contributed by atoms with Crippen molar-refractivity contribution in [1.82, 2.24) is 20.2 Å². The first-order valence-corrected chi connectivity index (χ1v) is 11.0. The Morgan fingerprint density at radius 2 is 1.96 bits per heavy atom. The average molecular weight is 404 g/mol. The molecule has 0 saturated carbocycles. The van der Waals surface area contributed by atoms with E-state index in [-0.39, 0.29) is 11.8 Å². The van der Waals surface area contributed by atoms with E-state index in [9.17, 15) is 4.79 Å². The minimum absolute atomic E-state index is 0.101. The van der Waals surface area contributed by atoms with Crippen LogP contribution < -0.4 is 10.2 Å². The summed E-state index contributed by atoms with van der Waals surface area (Å²) < 4.78 is 5.36. The number of nitrogens with zero attached hydrogens (tertiary/aromatic N) is 4. The smallest absolute Gasteiger partial charge is 0.223 e. The van der Waals surface area contributed by atoms with E-state index in [0.717, 1.165) is 76.0 Å². The summed E-state index contributed by atoms with van der Waals surface area (Å²) in [5.41, 5.74) is 1.28. The molecule has 1 N–H and O–H groups in total. The number of aryl methyl sites for hydroxylation is 2. The van der Waals surface area contributed by atoms with Crippen molar-refractivity contribution in [3.8, 4) is 0 Å². The van der Waals surface area contributed by atoms with Crippen molar-refractivity contribution in [3.63, 3.8) is 0 Å². The number of anilines is 1. The zero-order valence-corrected chi connectivity index (χ0v) is 17.6. The number of nitrogens with one attached hydrogen (secondary N) is 1. The van der Waals surface area contributed by atoms with Crippen LogP contribution in [0.1, 0.15) is 23.3 Å². The van der Waals surface area contributed by atoms with Crippen molar-refractivity contribution in [2.75, 3.05) is 57.4 Å². The van der Waals surface area contributed by atoms with Crippen LogP contribution in [0.2, 0.25) is 0 Å². The van der Waals surface area contributed by atoms with Gasteiger partial charge < -0.3 is 15.0 Å². The van der Waals surface area contributed by atoms with Crippen LogP contribution in [-0.2, 0) is 9.53 Å². The van der Waals surface area contributed by atoms with E-state index in [1.165, 1.54) is 15.8 Å². The molecule has 0 aromatic carbocycles. The Morgan fingerprint density at radius 3 is 2.71 bits per heavy atom. The van der Waals surface area contributed by atoms with Gasteiger partial charge in [-0.2, -0.15) is 0 Å². The molecule has 4 heterocycles. The monoisotopic (exact) mass is 403 g/mol. The Bertz CT molecular complexity index is 825. The van der Waals surface area contributed by atoms with Crippen LogP contribution in [0.5, 0.6) is 0 Å². The molecule has 2 aromatic heterocycles. The molecule has 2 saturated heterocycles. The van der Waals surface area contributed by atoms with Crippen LogP contribution >= 0.6 is 11.3 Å². The van der Waals surface area contributed by atoms with Gasteiger partial charge in [0.05, 0.1) is 18.6 Å². The van der Waals surface area contributed by atoms with E-state index >= 15 is 0 Å². The maximum atomic E-state index is 12.6. The topological polar surface area (TPSA) is 70.6 Å². The van der Waals surface area contributed by atoms with Gasteiger partial charge in [-0.3, -0.25) is 9.69 Å². The van der Waals surface area contributed by atoms with Crippen LogP contribution in [0.25, 0.3) is 10.2 Å². The van der Waals surface area contributed by atoms with E-state index in [1.807, 2.05) is 0 Å². The largest absolute Gasteiger partial charge is 0.379 e. The first kappa shape index (κ1) is 19.5. The van der Waals surface area contributed by atoms with Crippen molar-refractivity contribution < 1.29 is 9.53 Å². The third kappa shape index (κ3) is 4.14. The first-order valence-electron chi connectivity index (χ1n) is 10.2. The number of carbonyl (C=O) groups is 1. The molecule has 2 fully saturated rings. The Hall–Kier alpha value is -1.77. The highest BCUT2D eigenvalue weighted by molar-refractivity contribution is 7.18. The number of rotatable bonds is 5. The predicted molar refractivity (Wildman–Crippen MR) is 112 cm³/mol. The Labute approximate surface area is 170 Å². The van der Waals surface area contributed by atoms with Gasteiger partial charge >= 0.3 is 0 Å². The molecule has 0 unspecified atom stereocenters. The maximum Gasteiger partial charge on any atom is 0.223 e. The quantitative estimate of drug-likeness (QED) is 0.823. The van der Waals surface area contributed by atoms with Crippen molar-refractivity contribution in [1.29, 1.82) is 0 Å². The summed E-state index contributed by atoms with van der Waals surface area (Å²) in [5, 5.41) is 4.31. The second-order valence-electron chi connectivity index (χ2n) is 7.67. The van der Waals surface area contributed by atoms with Crippen molar-refractivity contribution >= 4 is 33.3 Å². The van der Waals surface area contributed by atoms with Crippen LogP contribution in [-0.4, -0.2) is 73.3 Å². The van der Waals surface area contributed by atoms with Gasteiger partial charge in [0.1, 0.15) is 17.0 Å². The van der Waals surface area contributed by atoms with Gasteiger partial charge in [0.15, 0.2) is 0 Å². The molecule has 7 nitrogen and oxygen atoms in total. The maximum absolute atomic E-state index is 12.6. The zero-order chi connectivity index (χ0) is 19.5. The van der Waals surface area contributed by atoms with Gasteiger partial charge in [-0.1, -0.05) is 0 Å². The molecule has 28 heavy (non-hydrogen) atoms. The second-order valence-corrected chi connectivity index (χ2v) is 8.87. The highest BCUT2D eigenvalue weighted by Gasteiger charge is 2.27. The lowest BCUT2D eigenvalue weighted by Gasteiger charge is -2.33. The molecule has 2 aliphatic heterocycles. The van der Waals surface area contributed by atoms with Gasteiger partial charge in [-0.25, -0.2) is 9.97 Å². The Kier molecular flexibility index (Phi) is 6.08. The molecule has 0 spiro atoms. The predicted octanol–water partition coefficient (Wildman–Crippen LogP) is 1.97. The van der Waals surface area contributed by atoms with Crippen LogP contribution in [0.4, 0.5) is 5.82 Å². The minimum Gasteiger partial charge on any atom is -0.379 e. The van der Waals surface area contributed by atoms with E-state index in [1.54, 1.807) is 17.7 Å². The summed E-state index contributed by atoms with van der Waals surface area (Å²) in [5.74, 6) is 1.32. The number of carbonyl (C=O) groups excluding carboxylic acids is 1. The summed E-state index contributed by atoms with van der Waals surface area (Å²) in [7, 11) is 0. The Morgan fingerprint density at radius 1 is 1.21 bits per heavy atom. The number of amides is 1. The van der Waals surface area contributed by atoms with Gasteiger partial charge in [0.25, 0.3) is 0 Å². The zero-order valence-electron chi connectivity index (χ0n) is 16.7. The Balaban J connectivity index is 1.30. The summed E-state index contributed by atoms with van der Waals surface area (Å²) in [6.45, 7) is 11.2. The van der Waals surface area contributed by atoms with E-state index < -0.39 is 0 Å². The summed E-state index contributed by atoms with van der Waals surface area (Å²) in [6.07, 6.45) is 3.41. The van der Waals surface area contributed by atoms with Crippen LogP contribution in [0.15, 0.2) is 6.33 Å². The molecule has 0 aliphatic carbocycles. The number of piperidine rings is 1. The lowest BCUT2D eigenvalue weighted by atomic mass is 9.95.